The van der Waals surface area contributed by atoms with E-state index in [4.69, 9.17) is 0 Å². The summed E-state index contributed by atoms with van der Waals surface area (Å²) in [5.41, 5.74) is 3.16. The van der Waals surface area contributed by atoms with Gasteiger partial charge in [0.15, 0.2) is 0 Å². The lowest BCUT2D eigenvalue weighted by Gasteiger charge is -2.07. The molecule has 3 rings (SSSR count). The van der Waals surface area contributed by atoms with Crippen LogP contribution >= 0.6 is 0 Å². The summed E-state index contributed by atoms with van der Waals surface area (Å²) in [5, 5.41) is 1.11. The van der Waals surface area contributed by atoms with Crippen molar-refractivity contribution < 1.29 is 0 Å². The fourth-order valence-electron chi connectivity index (χ4n) is 2.52. The molecule has 0 saturated heterocycles. The van der Waals surface area contributed by atoms with Gasteiger partial charge in [-0.2, -0.15) is 0 Å². The number of benzene rings is 1. The highest BCUT2D eigenvalue weighted by molar-refractivity contribution is 5.77. The summed E-state index contributed by atoms with van der Waals surface area (Å²) >= 11 is 0. The SMILES string of the molecule is C=Cc1c#cn(CCCn2c#cc3ccccc32)c1C=C. The maximum Gasteiger partial charge on any atom is 0.0646 e. The summed E-state index contributed by atoms with van der Waals surface area (Å²) in [6.45, 7) is 9.39. The number of rotatable bonds is 6. The molecule has 21 heavy (non-hydrogen) atoms. The van der Waals surface area contributed by atoms with E-state index in [0.717, 1.165) is 36.2 Å². The highest BCUT2D eigenvalue weighted by Crippen LogP contribution is 2.13. The Morgan fingerprint density at radius 2 is 1.71 bits per heavy atom. The van der Waals surface area contributed by atoms with Crippen LogP contribution in [0.1, 0.15) is 17.7 Å². The van der Waals surface area contributed by atoms with Crippen molar-refractivity contribution in [1.82, 2.24) is 9.13 Å². The topological polar surface area (TPSA) is 9.86 Å². The monoisotopic (exact) mass is 272 g/mol. The van der Waals surface area contributed by atoms with E-state index in [1.165, 1.54) is 5.52 Å². The minimum Gasteiger partial charge on any atom is -0.300 e. The molecular formula is C19H16N2. The Labute approximate surface area is 125 Å². The molecule has 1 aromatic carbocycles. The van der Waals surface area contributed by atoms with Gasteiger partial charge in [-0.25, -0.2) is 0 Å². The zero-order chi connectivity index (χ0) is 14.7. The smallest absolute Gasteiger partial charge is 0.0646 e. The highest BCUT2D eigenvalue weighted by atomic mass is 15.0. The largest absolute Gasteiger partial charge is 0.300 e. The van der Waals surface area contributed by atoms with Crippen LogP contribution in [-0.4, -0.2) is 9.13 Å². The summed E-state index contributed by atoms with van der Waals surface area (Å²) in [6, 6.07) is 14.5. The second-order valence-electron chi connectivity index (χ2n) is 4.85. The third-order valence-electron chi connectivity index (χ3n) is 3.57. The van der Waals surface area contributed by atoms with Crippen molar-refractivity contribution in [2.75, 3.05) is 0 Å². The van der Waals surface area contributed by atoms with Crippen LogP contribution in [0, 0.1) is 24.5 Å². The van der Waals surface area contributed by atoms with Crippen molar-refractivity contribution in [3.63, 3.8) is 0 Å². The van der Waals surface area contributed by atoms with E-state index in [0.29, 0.717) is 0 Å². The van der Waals surface area contributed by atoms with Crippen molar-refractivity contribution in [2.24, 2.45) is 0 Å². The van der Waals surface area contributed by atoms with E-state index in [1.54, 1.807) is 6.08 Å². The predicted molar refractivity (Wildman–Crippen MR) is 86.5 cm³/mol. The molecule has 0 fully saturated rings. The van der Waals surface area contributed by atoms with Crippen molar-refractivity contribution in [3.05, 3.63) is 73.2 Å². The second-order valence-corrected chi connectivity index (χ2v) is 4.85. The van der Waals surface area contributed by atoms with Gasteiger partial charge in [0, 0.05) is 25.5 Å². The molecule has 0 bridgehead atoms. The molecule has 0 unspecified atom stereocenters. The van der Waals surface area contributed by atoms with Crippen LogP contribution in [0.25, 0.3) is 23.1 Å². The van der Waals surface area contributed by atoms with Crippen molar-refractivity contribution in [2.45, 2.75) is 19.5 Å². The van der Waals surface area contributed by atoms with E-state index in [-0.39, 0.29) is 0 Å². The zero-order valence-electron chi connectivity index (χ0n) is 11.9. The summed E-state index contributed by atoms with van der Waals surface area (Å²) < 4.78 is 4.16. The normalized spacial score (nSPS) is 10.1. The van der Waals surface area contributed by atoms with Crippen LogP contribution in [0.2, 0.25) is 0 Å². The van der Waals surface area contributed by atoms with Gasteiger partial charge in [0.2, 0.25) is 0 Å². The van der Waals surface area contributed by atoms with E-state index in [2.05, 4.69) is 54.4 Å². The third-order valence-corrected chi connectivity index (χ3v) is 3.57. The summed E-state index contributed by atoms with van der Waals surface area (Å²) in [5.74, 6) is 0. The van der Waals surface area contributed by atoms with Crippen LogP contribution in [0.15, 0.2) is 37.4 Å². The zero-order valence-corrected chi connectivity index (χ0v) is 11.9. The molecule has 102 valence electrons. The molecule has 0 aliphatic rings. The Balaban J connectivity index is 1.70. The minimum absolute atomic E-state index is 0.867. The van der Waals surface area contributed by atoms with Gasteiger partial charge in [0.25, 0.3) is 0 Å². The molecule has 0 atom stereocenters. The van der Waals surface area contributed by atoms with E-state index >= 15 is 0 Å². The third kappa shape index (κ3) is 2.45. The first-order chi connectivity index (χ1) is 10.3. The lowest BCUT2D eigenvalue weighted by atomic mass is 10.2. The van der Waals surface area contributed by atoms with Crippen LogP contribution in [0.5, 0.6) is 0 Å². The second kappa shape index (κ2) is 5.65. The Morgan fingerprint density at radius 1 is 0.952 bits per heavy atom. The molecule has 0 N–H and O–H groups in total. The quantitative estimate of drug-likeness (QED) is 0.641. The summed E-state index contributed by atoms with van der Waals surface area (Å²) in [4.78, 5) is 0. The average molecular weight is 272 g/mol. The van der Waals surface area contributed by atoms with Gasteiger partial charge >= 0.3 is 0 Å². The summed E-state index contributed by atoms with van der Waals surface area (Å²) in [6.07, 6.45) is 10.9. The lowest BCUT2D eigenvalue weighted by molar-refractivity contribution is 0.572. The van der Waals surface area contributed by atoms with Crippen LogP contribution in [0.3, 0.4) is 0 Å². The Kier molecular flexibility index (Phi) is 3.54. The molecule has 2 nitrogen and oxygen atoms in total. The fraction of sp³-hybridized carbons (Fsp3) is 0.158. The number of hydrogen-bond donors (Lipinski definition) is 0. The van der Waals surface area contributed by atoms with Gasteiger partial charge < -0.3 is 0 Å². The van der Waals surface area contributed by atoms with Crippen molar-refractivity contribution >= 4 is 23.1 Å². The molecule has 3 aromatic rings. The van der Waals surface area contributed by atoms with Gasteiger partial charge in [-0.1, -0.05) is 31.4 Å². The minimum atomic E-state index is 0.867. The van der Waals surface area contributed by atoms with E-state index in [1.807, 2.05) is 22.8 Å². The van der Waals surface area contributed by atoms with Gasteiger partial charge in [-0.15, -0.1) is 0 Å². The Hall–Kier alpha value is -2.84. The maximum atomic E-state index is 3.85. The first kappa shape index (κ1) is 13.2. The molecule has 0 aliphatic heterocycles. The first-order valence-electron chi connectivity index (χ1n) is 7.00. The Bertz CT molecular complexity index is 774. The fourth-order valence-corrected chi connectivity index (χ4v) is 2.52. The highest BCUT2D eigenvalue weighted by Gasteiger charge is 2.03. The van der Waals surface area contributed by atoms with E-state index in [9.17, 15) is 0 Å². The number of aromatic nitrogens is 2. The van der Waals surface area contributed by atoms with Gasteiger partial charge in [0.05, 0.1) is 22.2 Å². The van der Waals surface area contributed by atoms with Crippen LogP contribution < -0.4 is 0 Å². The number of fused-ring (bicyclic) bond motifs is 1. The molecule has 0 saturated carbocycles. The molecule has 2 heteroatoms. The average Bonchev–Trinajstić information content (AvgIpc) is 3.11. The first-order valence-corrected chi connectivity index (χ1v) is 7.00. The van der Waals surface area contributed by atoms with Crippen molar-refractivity contribution in [1.29, 1.82) is 0 Å². The van der Waals surface area contributed by atoms with Crippen LogP contribution in [-0.2, 0) is 13.1 Å². The van der Waals surface area contributed by atoms with Crippen molar-refractivity contribution in [3.8, 4) is 0 Å². The Morgan fingerprint density at radius 3 is 2.52 bits per heavy atom. The van der Waals surface area contributed by atoms with Crippen LogP contribution in [0.4, 0.5) is 0 Å². The van der Waals surface area contributed by atoms with Gasteiger partial charge in [-0.3, -0.25) is 9.13 Å². The predicted octanol–water partition coefficient (Wildman–Crippen LogP) is 4.02. The number of aryl methyl sites for hydroxylation is 1. The molecule has 0 spiro atoms. The number of hydrogen-bond acceptors (Lipinski definition) is 0. The molecular weight excluding hydrogens is 256 g/mol. The van der Waals surface area contributed by atoms with Gasteiger partial charge in [0.1, 0.15) is 0 Å². The number of para-hydroxylation sites is 1. The lowest BCUT2D eigenvalue weighted by Crippen LogP contribution is -2.04. The summed E-state index contributed by atoms with van der Waals surface area (Å²) in [7, 11) is 0. The molecule has 0 aliphatic carbocycles. The van der Waals surface area contributed by atoms with Gasteiger partial charge in [-0.05, 0) is 36.8 Å². The number of nitrogens with zero attached hydrogens (tertiary/aromatic N) is 2. The molecule has 0 amide bonds. The maximum absolute atomic E-state index is 3.85. The standard InChI is InChI=1S/C19H16N2/c1-3-16-10-14-20(18(16)4-2)12-7-13-21-15-11-17-8-5-6-9-19(17)21/h3-6,8-9H,1-2,7,12-13H2. The molecule has 0 radical (unpaired) electrons. The van der Waals surface area contributed by atoms with E-state index < -0.39 is 0 Å². The molecule has 2 aromatic heterocycles. The molecule has 2 heterocycles.